The summed E-state index contributed by atoms with van der Waals surface area (Å²) in [6.07, 6.45) is 5.74. The molecule has 0 spiro atoms. The van der Waals surface area contributed by atoms with E-state index in [0.717, 1.165) is 38.5 Å². The standard InChI is InChI=1S/C20H38O6/c1-4-7-10-23-15-19-17(25-12-9-6-3)13-16(24-11-8-5-2)18(26-19)14-20(21)22/h16-19H,4-15H2,1-3H3,(H,21,22). The van der Waals surface area contributed by atoms with Crippen molar-refractivity contribution >= 4 is 5.97 Å². The van der Waals surface area contributed by atoms with Crippen LogP contribution >= 0.6 is 0 Å². The molecule has 1 N–H and O–H groups in total. The van der Waals surface area contributed by atoms with E-state index in [-0.39, 0.29) is 24.7 Å². The van der Waals surface area contributed by atoms with Gasteiger partial charge in [0.25, 0.3) is 0 Å². The van der Waals surface area contributed by atoms with Crippen molar-refractivity contribution in [2.75, 3.05) is 26.4 Å². The quantitative estimate of drug-likeness (QED) is 0.439. The van der Waals surface area contributed by atoms with Crippen LogP contribution in [0.25, 0.3) is 0 Å². The van der Waals surface area contributed by atoms with Crippen molar-refractivity contribution in [1.82, 2.24) is 0 Å². The Morgan fingerprint density at radius 1 is 0.923 bits per heavy atom. The third-order valence-electron chi connectivity index (χ3n) is 4.60. The Balaban J connectivity index is 2.68. The number of hydrogen-bond acceptors (Lipinski definition) is 5. The van der Waals surface area contributed by atoms with Gasteiger partial charge < -0.3 is 24.1 Å². The van der Waals surface area contributed by atoms with Gasteiger partial charge in [-0.3, -0.25) is 4.79 Å². The summed E-state index contributed by atoms with van der Waals surface area (Å²) >= 11 is 0. The molecule has 1 rings (SSSR count). The molecule has 0 saturated carbocycles. The number of hydrogen-bond donors (Lipinski definition) is 1. The number of aliphatic carboxylic acids is 1. The Kier molecular flexibility index (Phi) is 12.9. The van der Waals surface area contributed by atoms with Gasteiger partial charge in [0.05, 0.1) is 31.3 Å². The molecule has 154 valence electrons. The largest absolute Gasteiger partial charge is 0.481 e. The van der Waals surface area contributed by atoms with E-state index in [2.05, 4.69) is 20.8 Å². The molecule has 6 heteroatoms. The summed E-state index contributed by atoms with van der Waals surface area (Å²) < 4.78 is 23.9. The minimum absolute atomic E-state index is 0.0517. The first-order valence-electron chi connectivity index (χ1n) is 10.3. The van der Waals surface area contributed by atoms with Gasteiger partial charge in [0, 0.05) is 26.2 Å². The van der Waals surface area contributed by atoms with E-state index in [4.69, 9.17) is 18.9 Å². The second kappa shape index (κ2) is 14.4. The third kappa shape index (κ3) is 9.31. The van der Waals surface area contributed by atoms with Crippen molar-refractivity contribution in [2.24, 2.45) is 0 Å². The van der Waals surface area contributed by atoms with Gasteiger partial charge in [-0.25, -0.2) is 0 Å². The van der Waals surface area contributed by atoms with Crippen molar-refractivity contribution in [3.8, 4) is 0 Å². The van der Waals surface area contributed by atoms with Crippen LogP contribution in [-0.2, 0) is 23.7 Å². The second-order valence-corrected chi connectivity index (χ2v) is 7.00. The van der Waals surface area contributed by atoms with Crippen LogP contribution in [0, 0.1) is 0 Å². The minimum Gasteiger partial charge on any atom is -0.481 e. The molecular formula is C20H38O6. The number of carbonyl (C=O) groups is 1. The summed E-state index contributed by atoms with van der Waals surface area (Å²) in [7, 11) is 0. The number of unbranched alkanes of at least 4 members (excludes halogenated alkanes) is 3. The van der Waals surface area contributed by atoms with Crippen molar-refractivity contribution in [1.29, 1.82) is 0 Å². The summed E-state index contributed by atoms with van der Waals surface area (Å²) in [5.74, 6) is -0.866. The lowest BCUT2D eigenvalue weighted by Crippen LogP contribution is -2.51. The summed E-state index contributed by atoms with van der Waals surface area (Å²) in [6, 6.07) is 0. The molecule has 26 heavy (non-hydrogen) atoms. The smallest absolute Gasteiger partial charge is 0.306 e. The maximum atomic E-state index is 11.2. The number of carboxylic acid groups (broad SMARTS) is 1. The normalized spacial score (nSPS) is 26.1. The summed E-state index contributed by atoms with van der Waals surface area (Å²) in [4.78, 5) is 11.2. The number of ether oxygens (including phenoxy) is 4. The summed E-state index contributed by atoms with van der Waals surface area (Å²) in [6.45, 7) is 8.80. The monoisotopic (exact) mass is 374 g/mol. The van der Waals surface area contributed by atoms with Crippen LogP contribution in [0.1, 0.15) is 72.1 Å². The SMILES string of the molecule is CCCCOCC1OC(CC(=O)O)C(OCCCC)CC1OCCCC. The minimum atomic E-state index is -0.866. The highest BCUT2D eigenvalue weighted by Crippen LogP contribution is 2.28. The molecule has 0 bridgehead atoms. The van der Waals surface area contributed by atoms with E-state index in [1.54, 1.807) is 0 Å². The van der Waals surface area contributed by atoms with E-state index < -0.39 is 12.1 Å². The molecule has 1 aliphatic heterocycles. The van der Waals surface area contributed by atoms with E-state index in [1.165, 1.54) is 0 Å². The number of rotatable bonds is 15. The van der Waals surface area contributed by atoms with E-state index in [1.807, 2.05) is 0 Å². The van der Waals surface area contributed by atoms with Crippen LogP contribution in [0.15, 0.2) is 0 Å². The highest BCUT2D eigenvalue weighted by atomic mass is 16.6. The van der Waals surface area contributed by atoms with Gasteiger partial charge in [-0.1, -0.05) is 40.0 Å². The highest BCUT2D eigenvalue weighted by Gasteiger charge is 2.40. The van der Waals surface area contributed by atoms with Gasteiger partial charge in [0.1, 0.15) is 6.10 Å². The van der Waals surface area contributed by atoms with Crippen molar-refractivity contribution < 1.29 is 28.8 Å². The average Bonchev–Trinajstić information content (AvgIpc) is 2.61. The van der Waals surface area contributed by atoms with Crippen LogP contribution in [0.5, 0.6) is 0 Å². The lowest BCUT2D eigenvalue weighted by molar-refractivity contribution is -0.213. The van der Waals surface area contributed by atoms with Crippen molar-refractivity contribution in [2.45, 2.75) is 96.6 Å². The van der Waals surface area contributed by atoms with Crippen LogP contribution in [0.4, 0.5) is 0 Å². The van der Waals surface area contributed by atoms with Gasteiger partial charge in [0.15, 0.2) is 0 Å². The average molecular weight is 375 g/mol. The van der Waals surface area contributed by atoms with E-state index in [0.29, 0.717) is 32.8 Å². The molecule has 1 fully saturated rings. The Hall–Kier alpha value is -0.690. The molecule has 6 nitrogen and oxygen atoms in total. The van der Waals surface area contributed by atoms with Gasteiger partial charge in [-0.05, 0) is 19.3 Å². The first-order valence-corrected chi connectivity index (χ1v) is 10.3. The lowest BCUT2D eigenvalue weighted by atomic mass is 9.96. The molecule has 1 heterocycles. The molecule has 0 aromatic rings. The van der Waals surface area contributed by atoms with Gasteiger partial charge in [-0.2, -0.15) is 0 Å². The predicted octanol–water partition coefficient (Wildman–Crippen LogP) is 3.81. The molecule has 4 unspecified atom stereocenters. The summed E-state index contributed by atoms with van der Waals surface area (Å²) in [5.41, 5.74) is 0. The second-order valence-electron chi connectivity index (χ2n) is 7.00. The maximum absolute atomic E-state index is 11.2. The Labute approximate surface area is 158 Å². The van der Waals surface area contributed by atoms with E-state index >= 15 is 0 Å². The fourth-order valence-corrected chi connectivity index (χ4v) is 2.99. The molecule has 4 atom stereocenters. The first kappa shape index (κ1) is 23.3. The van der Waals surface area contributed by atoms with Crippen LogP contribution < -0.4 is 0 Å². The topological polar surface area (TPSA) is 74.2 Å². The van der Waals surface area contributed by atoms with Crippen LogP contribution in [0.3, 0.4) is 0 Å². The van der Waals surface area contributed by atoms with Crippen LogP contribution in [-0.4, -0.2) is 61.9 Å². The first-order chi connectivity index (χ1) is 12.6. The summed E-state index contributed by atoms with van der Waals surface area (Å²) in [5, 5.41) is 9.23. The third-order valence-corrected chi connectivity index (χ3v) is 4.60. The fraction of sp³-hybridized carbons (Fsp3) is 0.950. The van der Waals surface area contributed by atoms with E-state index in [9.17, 15) is 9.90 Å². The van der Waals surface area contributed by atoms with Crippen molar-refractivity contribution in [3.05, 3.63) is 0 Å². The molecule has 0 radical (unpaired) electrons. The van der Waals surface area contributed by atoms with Gasteiger partial charge in [0.2, 0.25) is 0 Å². The zero-order chi connectivity index (χ0) is 19.2. The van der Waals surface area contributed by atoms with Crippen molar-refractivity contribution in [3.63, 3.8) is 0 Å². The molecule has 0 aromatic heterocycles. The molecule has 0 aliphatic carbocycles. The molecule has 0 amide bonds. The molecule has 0 aromatic carbocycles. The van der Waals surface area contributed by atoms with Gasteiger partial charge >= 0.3 is 5.97 Å². The predicted molar refractivity (Wildman–Crippen MR) is 101 cm³/mol. The Morgan fingerprint density at radius 3 is 2.00 bits per heavy atom. The molecular weight excluding hydrogens is 336 g/mol. The zero-order valence-electron chi connectivity index (χ0n) is 16.8. The molecule has 1 aliphatic rings. The fourth-order valence-electron chi connectivity index (χ4n) is 2.99. The maximum Gasteiger partial charge on any atom is 0.306 e. The molecule has 1 saturated heterocycles. The number of carboxylic acids is 1. The highest BCUT2D eigenvalue weighted by molar-refractivity contribution is 5.67. The van der Waals surface area contributed by atoms with Gasteiger partial charge in [-0.15, -0.1) is 0 Å². The lowest BCUT2D eigenvalue weighted by Gasteiger charge is -2.41. The zero-order valence-corrected chi connectivity index (χ0v) is 16.8. The Bertz CT molecular complexity index is 362. The Morgan fingerprint density at radius 2 is 1.46 bits per heavy atom. The van der Waals surface area contributed by atoms with Crippen LogP contribution in [0.2, 0.25) is 0 Å².